The molecule has 2 N–H and O–H groups in total. The lowest BCUT2D eigenvalue weighted by atomic mass is 10.1. The van der Waals surface area contributed by atoms with Crippen molar-refractivity contribution >= 4 is 50.3 Å². The normalized spacial score (nSPS) is 19.8. The van der Waals surface area contributed by atoms with Crippen molar-refractivity contribution in [2.75, 3.05) is 42.3 Å². The number of aromatic nitrogens is 2. The largest absolute Gasteiger partial charge is 0.392 e. The maximum Gasteiger partial charge on any atom is 0.260 e. The summed E-state index contributed by atoms with van der Waals surface area (Å²) >= 11 is 0. The zero-order chi connectivity index (χ0) is 25.6. The van der Waals surface area contributed by atoms with E-state index in [9.17, 15) is 14.1 Å². The first-order valence-electron chi connectivity index (χ1n) is 11.8. The van der Waals surface area contributed by atoms with Crippen molar-refractivity contribution in [3.8, 4) is 0 Å². The number of nitrogens with one attached hydrogen (secondary N) is 1. The number of aliphatic hydroxyl groups is 1. The molecule has 0 bridgehead atoms. The molecule has 2 aromatic carbocycles. The molecule has 9 nitrogen and oxygen atoms in total. The van der Waals surface area contributed by atoms with E-state index < -0.39 is 15.8 Å². The van der Waals surface area contributed by atoms with E-state index in [1.54, 1.807) is 34.6 Å². The quantitative estimate of drug-likeness (QED) is 0.524. The van der Waals surface area contributed by atoms with Crippen LogP contribution in [-0.4, -0.2) is 68.7 Å². The lowest BCUT2D eigenvalue weighted by Gasteiger charge is -2.32. The summed E-state index contributed by atoms with van der Waals surface area (Å²) in [5.41, 5.74) is 3.64. The first kappa shape index (κ1) is 24.2. The molecule has 36 heavy (non-hydrogen) atoms. The molecule has 0 radical (unpaired) electrons. The second kappa shape index (κ2) is 9.20. The van der Waals surface area contributed by atoms with Crippen molar-refractivity contribution < 1.29 is 14.1 Å². The zero-order valence-electron chi connectivity index (χ0n) is 20.6. The SMILES string of the molecule is C=S(=O)(c1cccc(Nc2ncc3c(n2)N(C)c2ccc(C)cc2C(=O)N3C)c1)N1CCC[C@@H](O)C1. The van der Waals surface area contributed by atoms with Crippen molar-refractivity contribution in [2.24, 2.45) is 0 Å². The van der Waals surface area contributed by atoms with Crippen LogP contribution in [0.2, 0.25) is 0 Å². The van der Waals surface area contributed by atoms with Gasteiger partial charge in [0.05, 0.1) is 33.3 Å². The van der Waals surface area contributed by atoms with Crippen LogP contribution in [0.15, 0.2) is 53.6 Å². The van der Waals surface area contributed by atoms with E-state index in [2.05, 4.69) is 16.2 Å². The molecule has 0 saturated carbocycles. The fraction of sp³-hybridized carbons (Fsp3) is 0.308. The Morgan fingerprint density at radius 1 is 1.14 bits per heavy atom. The third-order valence-electron chi connectivity index (χ3n) is 6.71. The van der Waals surface area contributed by atoms with E-state index in [4.69, 9.17) is 4.98 Å². The highest BCUT2D eigenvalue weighted by Crippen LogP contribution is 2.38. The number of amides is 1. The molecule has 2 aliphatic rings. The average molecular weight is 507 g/mol. The van der Waals surface area contributed by atoms with Gasteiger partial charge in [0.1, 0.15) is 5.69 Å². The van der Waals surface area contributed by atoms with Crippen LogP contribution in [0.4, 0.5) is 28.8 Å². The molecule has 3 aromatic rings. The number of rotatable bonds is 4. The Morgan fingerprint density at radius 2 is 1.94 bits per heavy atom. The molecule has 5 rings (SSSR count). The van der Waals surface area contributed by atoms with E-state index in [0.29, 0.717) is 53.1 Å². The van der Waals surface area contributed by atoms with Crippen molar-refractivity contribution in [3.63, 3.8) is 0 Å². The van der Waals surface area contributed by atoms with Gasteiger partial charge < -0.3 is 20.2 Å². The molecule has 2 aliphatic heterocycles. The summed E-state index contributed by atoms with van der Waals surface area (Å²) in [5.74, 6) is 4.82. The van der Waals surface area contributed by atoms with Gasteiger partial charge in [-0.1, -0.05) is 17.7 Å². The Labute approximate surface area is 211 Å². The van der Waals surface area contributed by atoms with E-state index >= 15 is 0 Å². The molecule has 0 spiro atoms. The third kappa shape index (κ3) is 4.32. The van der Waals surface area contributed by atoms with Gasteiger partial charge in [0.2, 0.25) is 5.95 Å². The van der Waals surface area contributed by atoms with Gasteiger partial charge in [-0.25, -0.2) is 13.5 Å². The van der Waals surface area contributed by atoms with Crippen LogP contribution in [-0.2, 0) is 9.71 Å². The van der Waals surface area contributed by atoms with Crippen LogP contribution in [0.5, 0.6) is 0 Å². The number of hydrogen-bond donors (Lipinski definition) is 2. The Morgan fingerprint density at radius 3 is 2.72 bits per heavy atom. The number of carbonyl (C=O) groups is 1. The molecule has 10 heteroatoms. The minimum absolute atomic E-state index is 0.121. The number of fused-ring (bicyclic) bond motifs is 2. The first-order chi connectivity index (χ1) is 17.1. The number of benzene rings is 2. The predicted octanol–water partition coefficient (Wildman–Crippen LogP) is 3.33. The van der Waals surface area contributed by atoms with Crippen molar-refractivity contribution in [3.05, 3.63) is 59.8 Å². The van der Waals surface area contributed by atoms with Crippen molar-refractivity contribution in [2.45, 2.75) is 30.8 Å². The summed E-state index contributed by atoms with van der Waals surface area (Å²) in [6.07, 6.45) is 2.62. The Kier molecular flexibility index (Phi) is 6.19. The minimum atomic E-state index is -2.75. The molecule has 0 aliphatic carbocycles. The predicted molar refractivity (Wildman–Crippen MR) is 144 cm³/mol. The van der Waals surface area contributed by atoms with Crippen LogP contribution in [0, 0.1) is 6.92 Å². The summed E-state index contributed by atoms with van der Waals surface area (Å²) in [6, 6.07) is 13.0. The second-order valence-corrected chi connectivity index (χ2v) is 11.6. The fourth-order valence-electron chi connectivity index (χ4n) is 4.67. The molecule has 1 fully saturated rings. The van der Waals surface area contributed by atoms with Gasteiger partial charge in [0.25, 0.3) is 5.91 Å². The topological polar surface area (TPSA) is 102 Å². The van der Waals surface area contributed by atoms with Crippen molar-refractivity contribution in [1.29, 1.82) is 0 Å². The van der Waals surface area contributed by atoms with Crippen LogP contribution < -0.4 is 15.1 Å². The van der Waals surface area contributed by atoms with Crippen LogP contribution in [0.3, 0.4) is 0 Å². The van der Waals surface area contributed by atoms with Crippen LogP contribution >= 0.6 is 0 Å². The van der Waals surface area contributed by atoms with Crippen molar-refractivity contribution in [1.82, 2.24) is 14.3 Å². The minimum Gasteiger partial charge on any atom is -0.392 e. The average Bonchev–Trinajstić information content (AvgIpc) is 2.94. The molecular formula is C26H30N6O3S. The monoisotopic (exact) mass is 506 g/mol. The van der Waals surface area contributed by atoms with E-state index in [0.717, 1.165) is 17.7 Å². The highest BCUT2D eigenvalue weighted by molar-refractivity contribution is 7.98. The van der Waals surface area contributed by atoms with Crippen LogP contribution in [0.25, 0.3) is 0 Å². The molecular weight excluding hydrogens is 476 g/mol. The molecule has 1 saturated heterocycles. The molecule has 2 atom stereocenters. The van der Waals surface area contributed by atoms with Gasteiger partial charge in [-0.3, -0.25) is 4.79 Å². The molecule has 188 valence electrons. The number of carbonyl (C=O) groups excluding carboxylic acids is 1. The zero-order valence-corrected chi connectivity index (χ0v) is 21.5. The molecule has 3 heterocycles. The highest BCUT2D eigenvalue weighted by Gasteiger charge is 2.29. The molecule has 1 amide bonds. The number of piperidine rings is 1. The number of hydrogen-bond acceptors (Lipinski definition) is 7. The summed E-state index contributed by atoms with van der Waals surface area (Å²) in [5, 5.41) is 13.2. The summed E-state index contributed by atoms with van der Waals surface area (Å²) in [7, 11) is 0.846. The highest BCUT2D eigenvalue weighted by atomic mass is 32.2. The lowest BCUT2D eigenvalue weighted by Crippen LogP contribution is -2.41. The second-order valence-electron chi connectivity index (χ2n) is 9.32. The van der Waals surface area contributed by atoms with E-state index in [-0.39, 0.29) is 5.91 Å². The van der Waals surface area contributed by atoms with Gasteiger partial charge in [-0.05, 0) is 56.0 Å². The molecule has 1 aromatic heterocycles. The maximum absolute atomic E-state index is 13.6. The third-order valence-corrected chi connectivity index (χ3v) is 8.87. The lowest BCUT2D eigenvalue weighted by molar-refractivity contribution is 0.0994. The van der Waals surface area contributed by atoms with E-state index in [1.165, 1.54) is 0 Å². The van der Waals surface area contributed by atoms with Gasteiger partial charge in [-0.15, -0.1) is 0 Å². The van der Waals surface area contributed by atoms with Gasteiger partial charge in [0.15, 0.2) is 5.82 Å². The Balaban J connectivity index is 1.46. The standard InChI is InChI=1S/C26H30N6O3S/c1-17-10-11-22-21(13-17)25(34)31(3)23-15-27-26(29-24(23)30(22)2)28-18-7-5-9-20(14-18)36(4,35)32-12-6-8-19(33)16-32/h5,7,9-11,13-15,19,33H,4,6,8,12,16H2,1-3H3,(H,27,28,29)/t19-,36?/m1/s1. The number of anilines is 5. The van der Waals surface area contributed by atoms with Crippen LogP contribution in [0.1, 0.15) is 28.8 Å². The number of nitrogens with zero attached hydrogens (tertiary/aromatic N) is 5. The number of β-amino-alcohol motifs (C(OH)–C–C–N with tert-alkyl or cyclic N) is 1. The molecule has 1 unspecified atom stereocenters. The fourth-order valence-corrected chi connectivity index (χ4v) is 6.40. The summed E-state index contributed by atoms with van der Waals surface area (Å²) < 4.78 is 15.3. The number of aliphatic hydroxyl groups excluding tert-OH is 1. The number of aryl methyl sites for hydroxylation is 1. The summed E-state index contributed by atoms with van der Waals surface area (Å²) in [6.45, 7) is 2.93. The van der Waals surface area contributed by atoms with Gasteiger partial charge in [-0.2, -0.15) is 4.98 Å². The maximum atomic E-state index is 13.6. The first-order valence-corrected chi connectivity index (χ1v) is 13.5. The summed E-state index contributed by atoms with van der Waals surface area (Å²) in [4.78, 5) is 26.3. The van der Waals surface area contributed by atoms with Gasteiger partial charge in [0, 0.05) is 37.8 Å². The smallest absolute Gasteiger partial charge is 0.260 e. The van der Waals surface area contributed by atoms with Gasteiger partial charge >= 0.3 is 0 Å². The van der Waals surface area contributed by atoms with E-state index in [1.807, 2.05) is 49.2 Å². The Bertz CT molecular complexity index is 1440. The Hall–Kier alpha value is -3.47.